The van der Waals surface area contributed by atoms with Crippen LogP contribution in [0.3, 0.4) is 0 Å². The molecular weight excluding hydrogens is 72.0 g/mol. The minimum absolute atomic E-state index is 0. The summed E-state index contributed by atoms with van der Waals surface area (Å²) in [6.45, 7) is 0. The predicted molar refractivity (Wildman–Crippen MR) is 17.4 cm³/mol. The van der Waals surface area contributed by atoms with E-state index in [1.54, 1.807) is 0 Å². The van der Waals surface area contributed by atoms with E-state index in [-0.39, 0.29) is 7.43 Å². The average molecular weight is 78.1 g/mol. The van der Waals surface area contributed by atoms with Gasteiger partial charge in [0.15, 0.2) is 0 Å². The molecule has 0 aliphatic heterocycles. The van der Waals surface area contributed by atoms with Crippen molar-refractivity contribution in [1.29, 1.82) is 0 Å². The van der Waals surface area contributed by atoms with Crippen LogP contribution in [0.1, 0.15) is 7.43 Å². The van der Waals surface area contributed by atoms with Gasteiger partial charge in [-0.2, -0.15) is 0 Å². The van der Waals surface area contributed by atoms with E-state index in [2.05, 4.69) is 0 Å². The van der Waals surface area contributed by atoms with E-state index < -0.39 is 6.16 Å². The van der Waals surface area contributed by atoms with Gasteiger partial charge in [-0.1, -0.05) is 7.43 Å². The SMILES string of the molecule is C.O=C(O)O. The van der Waals surface area contributed by atoms with Gasteiger partial charge in [0.1, 0.15) is 0 Å². The van der Waals surface area contributed by atoms with Crippen molar-refractivity contribution in [1.82, 2.24) is 0 Å². The van der Waals surface area contributed by atoms with Gasteiger partial charge in [0.2, 0.25) is 0 Å². The highest BCUT2D eigenvalue weighted by molar-refractivity contribution is 5.53. The first-order valence-electron chi connectivity index (χ1n) is 0.651. The normalized spacial score (nSPS) is 4.80. The molecule has 32 valence electrons. The Kier molecular flexibility index (Phi) is 5.79. The smallest absolute Gasteiger partial charge is 0.450 e. The van der Waals surface area contributed by atoms with E-state index in [0.717, 1.165) is 0 Å². The maximum atomic E-state index is 8.56. The third-order valence-corrected chi connectivity index (χ3v) is 0. The topological polar surface area (TPSA) is 57.5 Å². The molecule has 0 spiro atoms. The van der Waals surface area contributed by atoms with E-state index in [1.807, 2.05) is 0 Å². The first kappa shape index (κ1) is 8.86. The second-order valence-corrected chi connectivity index (χ2v) is 0.283. The zero-order valence-corrected chi connectivity index (χ0v) is 1.80. The second-order valence-electron chi connectivity index (χ2n) is 0.283. The highest BCUT2D eigenvalue weighted by Gasteiger charge is 1.70. The van der Waals surface area contributed by atoms with Crippen LogP contribution in [0.2, 0.25) is 0 Å². The van der Waals surface area contributed by atoms with Gasteiger partial charge in [0, 0.05) is 0 Å². The first-order chi connectivity index (χ1) is 1.73. The molecule has 3 heteroatoms. The molecule has 0 atom stereocenters. The Labute approximate surface area is 29.9 Å². The molecule has 0 fully saturated rings. The van der Waals surface area contributed by atoms with Gasteiger partial charge in [-0.3, -0.25) is 0 Å². The van der Waals surface area contributed by atoms with Crippen LogP contribution in [-0.4, -0.2) is 16.4 Å². The maximum absolute atomic E-state index is 8.56. The molecule has 3 nitrogen and oxygen atoms in total. The fourth-order valence-corrected chi connectivity index (χ4v) is 0. The minimum Gasteiger partial charge on any atom is -0.450 e. The van der Waals surface area contributed by atoms with Gasteiger partial charge < -0.3 is 10.2 Å². The summed E-state index contributed by atoms with van der Waals surface area (Å²) in [4.78, 5) is 8.56. The standard InChI is InChI=1S/CH2O3.CH4/c2-1(3)4;/h(H2,2,3,4);1H4. The lowest BCUT2D eigenvalue weighted by atomic mass is 11.5. The van der Waals surface area contributed by atoms with E-state index in [1.165, 1.54) is 0 Å². The van der Waals surface area contributed by atoms with E-state index >= 15 is 0 Å². The van der Waals surface area contributed by atoms with Crippen molar-refractivity contribution in [2.45, 2.75) is 7.43 Å². The van der Waals surface area contributed by atoms with Crippen molar-refractivity contribution >= 4 is 6.16 Å². The largest absolute Gasteiger partial charge is 0.503 e. The number of hydrogen-bond acceptors (Lipinski definition) is 1. The van der Waals surface area contributed by atoms with Crippen molar-refractivity contribution < 1.29 is 15.0 Å². The number of rotatable bonds is 0. The molecule has 0 saturated heterocycles. The Hall–Kier alpha value is -0.730. The van der Waals surface area contributed by atoms with Gasteiger partial charge in [0.25, 0.3) is 0 Å². The molecule has 0 aliphatic rings. The van der Waals surface area contributed by atoms with Crippen molar-refractivity contribution in [3.8, 4) is 0 Å². The summed E-state index contributed by atoms with van der Waals surface area (Å²) >= 11 is 0. The van der Waals surface area contributed by atoms with Gasteiger partial charge in [-0.15, -0.1) is 0 Å². The minimum atomic E-state index is -1.83. The van der Waals surface area contributed by atoms with Crippen molar-refractivity contribution in [2.75, 3.05) is 0 Å². The first-order valence-corrected chi connectivity index (χ1v) is 0.651. The van der Waals surface area contributed by atoms with E-state index in [9.17, 15) is 0 Å². The van der Waals surface area contributed by atoms with Crippen LogP contribution in [0.5, 0.6) is 0 Å². The van der Waals surface area contributed by atoms with Gasteiger partial charge in [-0.25, -0.2) is 4.79 Å². The molecule has 0 aromatic carbocycles. The van der Waals surface area contributed by atoms with Crippen LogP contribution in [0.25, 0.3) is 0 Å². The third kappa shape index (κ3) is 9.90. The van der Waals surface area contributed by atoms with Crippen LogP contribution < -0.4 is 0 Å². The Morgan fingerprint density at radius 1 is 1.40 bits per heavy atom. The van der Waals surface area contributed by atoms with Gasteiger partial charge in [0.05, 0.1) is 0 Å². The monoisotopic (exact) mass is 78.0 g/mol. The Morgan fingerprint density at radius 3 is 1.40 bits per heavy atom. The molecular formula is C2H6O3. The van der Waals surface area contributed by atoms with Crippen LogP contribution in [0, 0.1) is 0 Å². The predicted octanol–water partition coefficient (Wildman–Crippen LogP) is 0.859. The van der Waals surface area contributed by atoms with Crippen LogP contribution in [0.15, 0.2) is 0 Å². The summed E-state index contributed by atoms with van der Waals surface area (Å²) in [5.74, 6) is 0. The lowest BCUT2D eigenvalue weighted by molar-refractivity contribution is 0.137. The molecule has 0 heterocycles. The maximum Gasteiger partial charge on any atom is 0.503 e. The molecule has 0 aromatic heterocycles. The Bertz CT molecular complexity index is 27.9. The molecule has 5 heavy (non-hydrogen) atoms. The third-order valence-electron chi connectivity index (χ3n) is 0. The molecule has 0 radical (unpaired) electrons. The molecule has 0 rings (SSSR count). The Morgan fingerprint density at radius 2 is 1.40 bits per heavy atom. The molecule has 0 unspecified atom stereocenters. The summed E-state index contributed by atoms with van der Waals surface area (Å²) in [5.41, 5.74) is 0. The van der Waals surface area contributed by atoms with Gasteiger partial charge in [-0.05, 0) is 0 Å². The highest BCUT2D eigenvalue weighted by atomic mass is 16.6. The van der Waals surface area contributed by atoms with Crippen LogP contribution in [0.4, 0.5) is 4.79 Å². The quantitative estimate of drug-likeness (QED) is 0.451. The fourth-order valence-electron chi connectivity index (χ4n) is 0. The summed E-state index contributed by atoms with van der Waals surface area (Å²) in [7, 11) is 0. The second kappa shape index (κ2) is 3.27. The molecule has 2 N–H and O–H groups in total. The zero-order valence-electron chi connectivity index (χ0n) is 1.80. The van der Waals surface area contributed by atoms with Crippen LogP contribution in [-0.2, 0) is 0 Å². The lowest BCUT2D eigenvalue weighted by Gasteiger charge is -1.60. The number of carbonyl (C=O) groups is 1. The summed E-state index contributed by atoms with van der Waals surface area (Å²) in [6, 6.07) is 0. The molecule has 0 bridgehead atoms. The van der Waals surface area contributed by atoms with Crippen molar-refractivity contribution in [3.63, 3.8) is 0 Å². The molecule has 0 aliphatic carbocycles. The van der Waals surface area contributed by atoms with E-state index in [0.29, 0.717) is 0 Å². The Balaban J connectivity index is 0. The lowest BCUT2D eigenvalue weighted by Crippen LogP contribution is -1.81. The molecule has 0 amide bonds. The van der Waals surface area contributed by atoms with Gasteiger partial charge >= 0.3 is 6.16 Å². The van der Waals surface area contributed by atoms with E-state index in [4.69, 9.17) is 15.0 Å². The fraction of sp³-hybridized carbons (Fsp3) is 0.500. The number of hydrogen-bond donors (Lipinski definition) is 2. The highest BCUT2D eigenvalue weighted by Crippen LogP contribution is 1.42. The summed E-state index contributed by atoms with van der Waals surface area (Å²) in [6.07, 6.45) is -1.83. The molecule has 0 aromatic rings. The van der Waals surface area contributed by atoms with Crippen LogP contribution >= 0.6 is 0 Å². The number of carboxylic acid groups (broad SMARTS) is 2. The average Bonchev–Trinajstić information content (AvgIpc) is 0.811. The van der Waals surface area contributed by atoms with Crippen molar-refractivity contribution in [2.24, 2.45) is 0 Å². The molecule has 0 saturated carbocycles. The summed E-state index contributed by atoms with van der Waals surface area (Å²) in [5, 5.41) is 13.9. The zero-order chi connectivity index (χ0) is 3.58. The summed E-state index contributed by atoms with van der Waals surface area (Å²) < 4.78 is 0. The van der Waals surface area contributed by atoms with Crippen molar-refractivity contribution in [3.05, 3.63) is 0 Å².